The van der Waals surface area contributed by atoms with Gasteiger partial charge in [-0.2, -0.15) is 0 Å². The summed E-state index contributed by atoms with van der Waals surface area (Å²) in [5.74, 6) is 0. The first-order valence-electron chi connectivity index (χ1n) is 2.74. The van der Waals surface area contributed by atoms with Gasteiger partial charge in [-0.15, -0.1) is 11.3 Å². The van der Waals surface area contributed by atoms with Gasteiger partial charge >= 0.3 is 0 Å². The van der Waals surface area contributed by atoms with Crippen molar-refractivity contribution in [1.82, 2.24) is 4.98 Å². The third-order valence-electron chi connectivity index (χ3n) is 0.556. The van der Waals surface area contributed by atoms with Crippen LogP contribution in [0.4, 0.5) is 0 Å². The first kappa shape index (κ1) is 7.63. The molecule has 0 aliphatic carbocycles. The summed E-state index contributed by atoms with van der Waals surface area (Å²) < 4.78 is 0. The highest BCUT2D eigenvalue weighted by molar-refractivity contribution is 7.07. The first-order chi connectivity index (χ1) is 3.89. The molecule has 46 valence electrons. The van der Waals surface area contributed by atoms with E-state index in [0.717, 1.165) is 5.69 Å². The quantitative estimate of drug-likeness (QED) is 0.524. The largest absolute Gasteiger partial charge is 0.250 e. The minimum Gasteiger partial charge on any atom is -0.250 e. The van der Waals surface area contributed by atoms with Crippen LogP contribution in [0.15, 0.2) is 10.9 Å². The highest BCUT2D eigenvalue weighted by Crippen LogP contribution is 1.95. The Labute approximate surface area is 54.4 Å². The van der Waals surface area contributed by atoms with Gasteiger partial charge in [0.05, 0.1) is 5.51 Å². The van der Waals surface area contributed by atoms with Crippen molar-refractivity contribution in [2.24, 2.45) is 0 Å². The topological polar surface area (TPSA) is 12.9 Å². The molecule has 0 N–H and O–H groups in total. The average molecular weight is 129 g/mol. The zero-order chi connectivity index (χ0) is 6.41. The van der Waals surface area contributed by atoms with Crippen molar-refractivity contribution in [1.29, 1.82) is 0 Å². The van der Waals surface area contributed by atoms with Crippen LogP contribution in [0.5, 0.6) is 0 Å². The molecular formula is C6H11NS. The molecule has 0 aromatic carbocycles. The fourth-order valence-corrected chi connectivity index (χ4v) is 0.819. The lowest BCUT2D eigenvalue weighted by molar-refractivity contribution is 1.27. The van der Waals surface area contributed by atoms with Crippen LogP contribution < -0.4 is 0 Å². The van der Waals surface area contributed by atoms with Gasteiger partial charge in [0.2, 0.25) is 0 Å². The van der Waals surface area contributed by atoms with E-state index in [9.17, 15) is 0 Å². The summed E-state index contributed by atoms with van der Waals surface area (Å²) in [6.07, 6.45) is 0. The molecule has 0 spiro atoms. The van der Waals surface area contributed by atoms with E-state index in [-0.39, 0.29) is 0 Å². The van der Waals surface area contributed by atoms with Gasteiger partial charge in [0.1, 0.15) is 0 Å². The Hall–Kier alpha value is -0.370. The predicted molar refractivity (Wildman–Crippen MR) is 38.2 cm³/mol. The third-order valence-corrected chi connectivity index (χ3v) is 1.26. The molecule has 1 rings (SSSR count). The summed E-state index contributed by atoms with van der Waals surface area (Å²) in [5, 5.41) is 2.01. The molecule has 0 aliphatic heterocycles. The van der Waals surface area contributed by atoms with Crippen molar-refractivity contribution < 1.29 is 0 Å². The Morgan fingerprint density at radius 1 is 1.50 bits per heavy atom. The third kappa shape index (κ3) is 2.75. The predicted octanol–water partition coefficient (Wildman–Crippen LogP) is 2.48. The smallest absolute Gasteiger partial charge is 0.0794 e. The zero-order valence-corrected chi connectivity index (χ0v) is 6.33. The monoisotopic (exact) mass is 129 g/mol. The van der Waals surface area contributed by atoms with Crippen molar-refractivity contribution >= 4 is 11.3 Å². The Morgan fingerprint density at radius 2 is 2.12 bits per heavy atom. The van der Waals surface area contributed by atoms with Crippen LogP contribution in [0.2, 0.25) is 0 Å². The van der Waals surface area contributed by atoms with Crippen molar-refractivity contribution in [2.75, 3.05) is 0 Å². The summed E-state index contributed by atoms with van der Waals surface area (Å²) in [6.45, 7) is 5.98. The number of hydrogen-bond acceptors (Lipinski definition) is 2. The minimum atomic E-state index is 1.11. The maximum atomic E-state index is 3.94. The van der Waals surface area contributed by atoms with Crippen molar-refractivity contribution in [2.45, 2.75) is 20.8 Å². The van der Waals surface area contributed by atoms with Crippen LogP contribution in [0, 0.1) is 6.92 Å². The number of aryl methyl sites for hydroxylation is 1. The zero-order valence-electron chi connectivity index (χ0n) is 5.51. The molecule has 0 atom stereocenters. The molecule has 1 aromatic rings. The molecule has 0 saturated heterocycles. The standard InChI is InChI=1S/C4H5NS.C2H6/c1-4-2-6-3-5-4;1-2/h2-3H,1H3;1-2H3. The van der Waals surface area contributed by atoms with E-state index in [1.165, 1.54) is 0 Å². The lowest BCUT2D eigenvalue weighted by Gasteiger charge is -1.64. The van der Waals surface area contributed by atoms with Crippen LogP contribution in [0.25, 0.3) is 0 Å². The van der Waals surface area contributed by atoms with Gasteiger partial charge in [-0.25, -0.2) is 0 Å². The number of nitrogens with zero attached hydrogens (tertiary/aromatic N) is 1. The second-order valence-corrected chi connectivity index (χ2v) is 1.85. The van der Waals surface area contributed by atoms with Gasteiger partial charge in [-0.3, -0.25) is 4.98 Å². The average Bonchev–Trinajstić information content (AvgIpc) is 2.24. The van der Waals surface area contributed by atoms with Gasteiger partial charge < -0.3 is 0 Å². The van der Waals surface area contributed by atoms with Crippen molar-refractivity contribution in [3.8, 4) is 0 Å². The molecule has 1 nitrogen and oxygen atoms in total. The molecule has 0 fully saturated rings. The van der Waals surface area contributed by atoms with Crippen LogP contribution in [0.1, 0.15) is 19.5 Å². The highest BCUT2D eigenvalue weighted by Gasteiger charge is 1.76. The van der Waals surface area contributed by atoms with E-state index >= 15 is 0 Å². The number of hydrogen-bond donors (Lipinski definition) is 0. The second-order valence-electron chi connectivity index (χ2n) is 1.13. The van der Waals surface area contributed by atoms with Crippen molar-refractivity contribution in [3.63, 3.8) is 0 Å². The Balaban J connectivity index is 0.000000222. The van der Waals surface area contributed by atoms with E-state index in [4.69, 9.17) is 0 Å². The lowest BCUT2D eigenvalue weighted by Crippen LogP contribution is -1.59. The normalized spacial score (nSPS) is 7.38. The Bertz CT molecular complexity index is 112. The van der Waals surface area contributed by atoms with Crippen LogP contribution in [-0.4, -0.2) is 4.98 Å². The second kappa shape index (κ2) is 4.78. The first-order valence-corrected chi connectivity index (χ1v) is 3.68. The van der Waals surface area contributed by atoms with Crippen LogP contribution in [-0.2, 0) is 0 Å². The van der Waals surface area contributed by atoms with Gasteiger partial charge in [-0.1, -0.05) is 13.8 Å². The van der Waals surface area contributed by atoms with Gasteiger partial charge in [0.25, 0.3) is 0 Å². The fraction of sp³-hybridized carbons (Fsp3) is 0.500. The van der Waals surface area contributed by atoms with E-state index in [1.807, 2.05) is 31.7 Å². The fourth-order valence-electron chi connectivity index (χ4n) is 0.273. The van der Waals surface area contributed by atoms with Gasteiger partial charge in [-0.05, 0) is 6.92 Å². The summed E-state index contributed by atoms with van der Waals surface area (Å²) in [5.41, 5.74) is 2.94. The molecule has 0 saturated carbocycles. The summed E-state index contributed by atoms with van der Waals surface area (Å²) >= 11 is 1.63. The summed E-state index contributed by atoms with van der Waals surface area (Å²) in [6, 6.07) is 0. The highest BCUT2D eigenvalue weighted by atomic mass is 32.1. The summed E-state index contributed by atoms with van der Waals surface area (Å²) in [7, 11) is 0. The SMILES string of the molecule is CC.Cc1cscn1. The van der Waals surface area contributed by atoms with E-state index in [1.54, 1.807) is 11.3 Å². The Kier molecular flexibility index (Phi) is 4.56. The lowest BCUT2D eigenvalue weighted by atomic mass is 10.6. The van der Waals surface area contributed by atoms with E-state index in [2.05, 4.69) is 4.98 Å². The van der Waals surface area contributed by atoms with Crippen LogP contribution >= 0.6 is 11.3 Å². The number of rotatable bonds is 0. The Morgan fingerprint density at radius 3 is 2.25 bits per heavy atom. The van der Waals surface area contributed by atoms with Crippen LogP contribution in [0.3, 0.4) is 0 Å². The van der Waals surface area contributed by atoms with Crippen molar-refractivity contribution in [3.05, 3.63) is 16.6 Å². The molecule has 0 radical (unpaired) electrons. The molecule has 8 heavy (non-hydrogen) atoms. The van der Waals surface area contributed by atoms with E-state index in [0.29, 0.717) is 0 Å². The number of aromatic nitrogens is 1. The maximum absolute atomic E-state index is 3.94. The molecule has 0 amide bonds. The molecule has 1 aromatic heterocycles. The maximum Gasteiger partial charge on any atom is 0.0794 e. The van der Waals surface area contributed by atoms with Gasteiger partial charge in [0.15, 0.2) is 0 Å². The summed E-state index contributed by atoms with van der Waals surface area (Å²) in [4.78, 5) is 3.94. The van der Waals surface area contributed by atoms with Gasteiger partial charge in [0, 0.05) is 11.1 Å². The molecule has 1 heterocycles. The number of thiazole rings is 1. The molecule has 0 aliphatic rings. The molecular weight excluding hydrogens is 118 g/mol. The molecule has 0 unspecified atom stereocenters. The molecule has 0 bridgehead atoms. The minimum absolute atomic E-state index is 1.11. The van der Waals surface area contributed by atoms with E-state index < -0.39 is 0 Å². The molecule has 2 heteroatoms.